The van der Waals surface area contributed by atoms with Crippen molar-refractivity contribution in [1.29, 1.82) is 0 Å². The molecule has 0 unspecified atom stereocenters. The molecule has 3 rings (SSSR count). The number of aromatic nitrogens is 3. The summed E-state index contributed by atoms with van der Waals surface area (Å²) in [5, 5.41) is 6.12. The Hall–Kier alpha value is -3.28. The predicted octanol–water partition coefficient (Wildman–Crippen LogP) is 4.15. The van der Waals surface area contributed by atoms with Crippen molar-refractivity contribution < 1.29 is 4.79 Å². The zero-order valence-electron chi connectivity index (χ0n) is 16.7. The third-order valence-corrected chi connectivity index (χ3v) is 4.22. The molecule has 0 aliphatic rings. The average Bonchev–Trinajstić information content (AvgIpc) is 2.66. The van der Waals surface area contributed by atoms with E-state index in [0.717, 1.165) is 16.9 Å². The number of hydrogen-bond acceptors (Lipinski definition) is 5. The number of nitrogens with one attached hydrogen (secondary N) is 2. The van der Waals surface area contributed by atoms with E-state index in [1.807, 2.05) is 43.3 Å². The van der Waals surface area contributed by atoms with Gasteiger partial charge in [-0.1, -0.05) is 45.0 Å². The van der Waals surface area contributed by atoms with Crippen LogP contribution in [0.3, 0.4) is 0 Å². The van der Waals surface area contributed by atoms with Crippen LogP contribution in [0.25, 0.3) is 0 Å². The van der Waals surface area contributed by atoms with Gasteiger partial charge < -0.3 is 10.6 Å². The molecule has 0 bridgehead atoms. The lowest BCUT2D eigenvalue weighted by Crippen LogP contribution is -2.25. The van der Waals surface area contributed by atoms with E-state index in [1.54, 1.807) is 12.3 Å². The lowest BCUT2D eigenvalue weighted by atomic mass is 9.86. The summed E-state index contributed by atoms with van der Waals surface area (Å²) in [6, 6.07) is 15.3. The number of nitrogens with zero attached hydrogens (tertiary/aromatic N) is 3. The molecule has 1 amide bonds. The highest BCUT2D eigenvalue weighted by atomic mass is 16.1. The summed E-state index contributed by atoms with van der Waals surface area (Å²) in [5.41, 5.74) is 3.88. The molecule has 0 fully saturated rings. The summed E-state index contributed by atoms with van der Waals surface area (Å²) in [4.78, 5) is 25.6. The van der Waals surface area contributed by atoms with E-state index < -0.39 is 0 Å². The van der Waals surface area contributed by atoms with Gasteiger partial charge in [0.05, 0.1) is 12.2 Å². The van der Waals surface area contributed by atoms with Crippen LogP contribution >= 0.6 is 0 Å². The monoisotopic (exact) mass is 375 g/mol. The van der Waals surface area contributed by atoms with Crippen LogP contribution in [0.4, 0.5) is 11.6 Å². The molecule has 1 aromatic carbocycles. The zero-order valence-corrected chi connectivity index (χ0v) is 16.7. The maximum atomic E-state index is 12.5. The molecule has 0 radical (unpaired) electrons. The van der Waals surface area contributed by atoms with Gasteiger partial charge in [0.2, 0.25) is 5.95 Å². The normalized spacial score (nSPS) is 11.1. The molecule has 0 aliphatic carbocycles. The average molecular weight is 375 g/mol. The number of aryl methyl sites for hydroxylation is 1. The van der Waals surface area contributed by atoms with Gasteiger partial charge in [-0.25, -0.2) is 9.97 Å². The lowest BCUT2D eigenvalue weighted by Gasteiger charge is -2.23. The van der Waals surface area contributed by atoms with E-state index in [4.69, 9.17) is 0 Å². The van der Waals surface area contributed by atoms with Crippen molar-refractivity contribution >= 4 is 17.5 Å². The minimum Gasteiger partial charge on any atom is -0.345 e. The SMILES string of the molecule is Cc1cc(C(=O)NCc2ccccn2)nc(Nc2ccccc2C(C)(C)C)n1. The quantitative estimate of drug-likeness (QED) is 0.700. The molecule has 28 heavy (non-hydrogen) atoms. The van der Waals surface area contributed by atoms with Crippen molar-refractivity contribution in [3.63, 3.8) is 0 Å². The van der Waals surface area contributed by atoms with Gasteiger partial charge in [0, 0.05) is 17.6 Å². The van der Waals surface area contributed by atoms with Crippen LogP contribution in [0.15, 0.2) is 54.7 Å². The van der Waals surface area contributed by atoms with Crippen LogP contribution in [0.1, 0.15) is 48.2 Å². The van der Waals surface area contributed by atoms with E-state index in [-0.39, 0.29) is 11.3 Å². The van der Waals surface area contributed by atoms with Crippen molar-refractivity contribution in [2.45, 2.75) is 39.7 Å². The van der Waals surface area contributed by atoms with Crippen molar-refractivity contribution in [2.75, 3.05) is 5.32 Å². The molecule has 2 heterocycles. The molecule has 2 aromatic heterocycles. The number of carbonyl (C=O) groups is 1. The van der Waals surface area contributed by atoms with Gasteiger partial charge in [-0.05, 0) is 42.2 Å². The minimum atomic E-state index is -0.261. The highest BCUT2D eigenvalue weighted by molar-refractivity contribution is 5.92. The van der Waals surface area contributed by atoms with Crippen LogP contribution in [-0.4, -0.2) is 20.9 Å². The fourth-order valence-electron chi connectivity index (χ4n) is 2.87. The van der Waals surface area contributed by atoms with E-state index in [0.29, 0.717) is 23.9 Å². The standard InChI is InChI=1S/C22H25N5O/c1-15-13-19(20(28)24-14-16-9-7-8-12-23-16)27-21(25-15)26-18-11-6-5-10-17(18)22(2,3)4/h5-13H,14H2,1-4H3,(H,24,28)(H,25,26,27). The summed E-state index contributed by atoms with van der Waals surface area (Å²) >= 11 is 0. The lowest BCUT2D eigenvalue weighted by molar-refractivity contribution is 0.0945. The van der Waals surface area contributed by atoms with Gasteiger partial charge in [-0.2, -0.15) is 0 Å². The van der Waals surface area contributed by atoms with E-state index >= 15 is 0 Å². The molecule has 0 aliphatic heterocycles. The van der Waals surface area contributed by atoms with E-state index in [9.17, 15) is 4.79 Å². The second kappa shape index (κ2) is 8.17. The summed E-state index contributed by atoms with van der Waals surface area (Å²) in [7, 11) is 0. The van der Waals surface area contributed by atoms with Gasteiger partial charge in [-0.15, -0.1) is 0 Å². The molecule has 2 N–H and O–H groups in total. The second-order valence-corrected chi connectivity index (χ2v) is 7.64. The second-order valence-electron chi connectivity index (χ2n) is 7.64. The van der Waals surface area contributed by atoms with E-state index in [1.165, 1.54) is 0 Å². The number of para-hydroxylation sites is 1. The largest absolute Gasteiger partial charge is 0.345 e. The number of amides is 1. The van der Waals surface area contributed by atoms with E-state index in [2.05, 4.69) is 52.4 Å². The Morgan fingerprint density at radius 1 is 1.04 bits per heavy atom. The first-order valence-corrected chi connectivity index (χ1v) is 9.23. The van der Waals surface area contributed by atoms with Gasteiger partial charge in [-0.3, -0.25) is 9.78 Å². The van der Waals surface area contributed by atoms with Crippen LogP contribution in [0.2, 0.25) is 0 Å². The molecule has 0 saturated heterocycles. The molecule has 0 atom stereocenters. The summed E-state index contributed by atoms with van der Waals surface area (Å²) in [6.45, 7) is 8.65. The highest BCUT2D eigenvalue weighted by Gasteiger charge is 2.18. The Balaban J connectivity index is 1.80. The number of pyridine rings is 1. The smallest absolute Gasteiger partial charge is 0.270 e. The number of hydrogen-bond donors (Lipinski definition) is 2. The Labute approximate surface area is 165 Å². The van der Waals surface area contributed by atoms with Crippen molar-refractivity contribution in [3.05, 3.63) is 77.4 Å². The maximum absolute atomic E-state index is 12.5. The fraction of sp³-hybridized carbons (Fsp3) is 0.273. The maximum Gasteiger partial charge on any atom is 0.270 e. The number of rotatable bonds is 5. The topological polar surface area (TPSA) is 79.8 Å². The number of carbonyl (C=O) groups excluding carboxylic acids is 1. The Morgan fingerprint density at radius 3 is 2.50 bits per heavy atom. The fourth-order valence-corrected chi connectivity index (χ4v) is 2.87. The molecule has 0 spiro atoms. The van der Waals surface area contributed by atoms with Gasteiger partial charge >= 0.3 is 0 Å². The first kappa shape index (κ1) is 19.5. The number of benzene rings is 1. The minimum absolute atomic E-state index is 0.0314. The van der Waals surface area contributed by atoms with Crippen LogP contribution in [-0.2, 0) is 12.0 Å². The summed E-state index contributed by atoms with van der Waals surface area (Å²) in [6.07, 6.45) is 1.70. The molecule has 6 heteroatoms. The Kier molecular flexibility index (Phi) is 5.68. The van der Waals surface area contributed by atoms with Crippen LogP contribution in [0, 0.1) is 6.92 Å². The highest BCUT2D eigenvalue weighted by Crippen LogP contribution is 2.30. The Morgan fingerprint density at radius 2 is 1.79 bits per heavy atom. The molecule has 144 valence electrons. The van der Waals surface area contributed by atoms with Gasteiger partial charge in [0.1, 0.15) is 5.69 Å². The first-order valence-electron chi connectivity index (χ1n) is 9.23. The third kappa shape index (κ3) is 4.91. The van der Waals surface area contributed by atoms with Crippen LogP contribution in [0.5, 0.6) is 0 Å². The molecule has 6 nitrogen and oxygen atoms in total. The summed E-state index contributed by atoms with van der Waals surface area (Å²) < 4.78 is 0. The zero-order chi connectivity index (χ0) is 20.1. The van der Waals surface area contributed by atoms with Crippen molar-refractivity contribution in [3.8, 4) is 0 Å². The van der Waals surface area contributed by atoms with Crippen LogP contribution < -0.4 is 10.6 Å². The molecular weight excluding hydrogens is 350 g/mol. The summed E-state index contributed by atoms with van der Waals surface area (Å²) in [5.74, 6) is 0.142. The molecular formula is C22H25N5O. The number of anilines is 2. The van der Waals surface area contributed by atoms with Crippen molar-refractivity contribution in [2.24, 2.45) is 0 Å². The molecule has 0 saturated carbocycles. The van der Waals surface area contributed by atoms with Gasteiger partial charge in [0.25, 0.3) is 5.91 Å². The van der Waals surface area contributed by atoms with Crippen molar-refractivity contribution in [1.82, 2.24) is 20.3 Å². The first-order chi connectivity index (χ1) is 13.3. The van der Waals surface area contributed by atoms with Gasteiger partial charge in [0.15, 0.2) is 0 Å². The third-order valence-electron chi connectivity index (χ3n) is 4.22. The molecule has 3 aromatic rings. The predicted molar refractivity (Wildman–Crippen MR) is 111 cm³/mol. The Bertz CT molecular complexity index is 964.